The van der Waals surface area contributed by atoms with Crippen LogP contribution in [0.1, 0.15) is 36.8 Å². The molecule has 1 amide bonds. The summed E-state index contributed by atoms with van der Waals surface area (Å²) in [6.07, 6.45) is 4.56. The van der Waals surface area contributed by atoms with Gasteiger partial charge in [0.05, 0.1) is 18.6 Å². The van der Waals surface area contributed by atoms with Gasteiger partial charge in [-0.25, -0.2) is 0 Å². The van der Waals surface area contributed by atoms with Crippen molar-refractivity contribution in [3.05, 3.63) is 53.6 Å². The molecule has 1 saturated carbocycles. The van der Waals surface area contributed by atoms with Crippen molar-refractivity contribution in [3.63, 3.8) is 0 Å². The minimum atomic E-state index is 0.0533. The SMILES string of the molecule is COc1ccc(-c2nnc(SCC(=O)NC3CCCC3)n2-c2ccc(C)c(C)c2)cc1. The molecule has 1 fully saturated rings. The Bertz CT molecular complexity index is 1060. The fraction of sp³-hybridized carbons (Fsp3) is 0.375. The average molecular weight is 437 g/mol. The van der Waals surface area contributed by atoms with E-state index in [0.717, 1.165) is 35.7 Å². The molecule has 1 heterocycles. The Hall–Kier alpha value is -2.80. The molecule has 0 aliphatic heterocycles. The summed E-state index contributed by atoms with van der Waals surface area (Å²) in [5.41, 5.74) is 4.35. The summed E-state index contributed by atoms with van der Waals surface area (Å²) in [5.74, 6) is 1.91. The third-order valence-electron chi connectivity index (χ3n) is 5.78. The molecule has 0 unspecified atom stereocenters. The minimum absolute atomic E-state index is 0.0533. The second-order valence-corrected chi connectivity index (χ2v) is 8.92. The summed E-state index contributed by atoms with van der Waals surface area (Å²) in [7, 11) is 1.65. The smallest absolute Gasteiger partial charge is 0.230 e. The summed E-state index contributed by atoms with van der Waals surface area (Å²) >= 11 is 1.42. The van der Waals surface area contributed by atoms with Gasteiger partial charge >= 0.3 is 0 Å². The number of hydrogen-bond donors (Lipinski definition) is 1. The van der Waals surface area contributed by atoms with Crippen LogP contribution in [-0.2, 0) is 4.79 Å². The molecule has 31 heavy (non-hydrogen) atoms. The lowest BCUT2D eigenvalue weighted by atomic mass is 10.1. The number of methoxy groups -OCH3 is 1. The summed E-state index contributed by atoms with van der Waals surface area (Å²) in [5, 5.41) is 12.8. The Morgan fingerprint density at radius 1 is 1.10 bits per heavy atom. The van der Waals surface area contributed by atoms with Crippen LogP contribution >= 0.6 is 11.8 Å². The molecule has 4 rings (SSSR count). The van der Waals surface area contributed by atoms with E-state index in [2.05, 4.69) is 47.6 Å². The van der Waals surface area contributed by atoms with Crippen molar-refractivity contribution < 1.29 is 9.53 Å². The Morgan fingerprint density at radius 3 is 2.52 bits per heavy atom. The van der Waals surface area contributed by atoms with Gasteiger partial charge in [-0.15, -0.1) is 10.2 Å². The van der Waals surface area contributed by atoms with Crippen LogP contribution in [0.25, 0.3) is 17.1 Å². The van der Waals surface area contributed by atoms with Gasteiger partial charge in [0.1, 0.15) is 5.75 Å². The van der Waals surface area contributed by atoms with Gasteiger partial charge in [0.2, 0.25) is 5.91 Å². The lowest BCUT2D eigenvalue weighted by Gasteiger charge is -2.13. The predicted molar refractivity (Wildman–Crippen MR) is 124 cm³/mol. The monoisotopic (exact) mass is 436 g/mol. The molecule has 0 radical (unpaired) electrons. The maximum Gasteiger partial charge on any atom is 0.230 e. The van der Waals surface area contributed by atoms with Gasteiger partial charge in [0.25, 0.3) is 0 Å². The highest BCUT2D eigenvalue weighted by Crippen LogP contribution is 2.30. The number of benzene rings is 2. The van der Waals surface area contributed by atoms with Crippen LogP contribution in [0.5, 0.6) is 5.75 Å². The van der Waals surface area contributed by atoms with Crippen LogP contribution in [0.4, 0.5) is 0 Å². The zero-order valence-electron chi connectivity index (χ0n) is 18.2. The Balaban J connectivity index is 1.63. The van der Waals surface area contributed by atoms with Crippen molar-refractivity contribution >= 4 is 17.7 Å². The zero-order chi connectivity index (χ0) is 21.8. The largest absolute Gasteiger partial charge is 0.497 e. The van der Waals surface area contributed by atoms with Crippen molar-refractivity contribution in [2.75, 3.05) is 12.9 Å². The van der Waals surface area contributed by atoms with Crippen molar-refractivity contribution in [2.24, 2.45) is 0 Å². The normalized spacial score (nSPS) is 14.0. The molecule has 6 nitrogen and oxygen atoms in total. The number of carbonyl (C=O) groups is 1. The van der Waals surface area contributed by atoms with Crippen molar-refractivity contribution in [3.8, 4) is 22.8 Å². The Morgan fingerprint density at radius 2 is 1.84 bits per heavy atom. The summed E-state index contributed by atoms with van der Waals surface area (Å²) < 4.78 is 7.31. The first kappa shape index (κ1) is 21.4. The number of aromatic nitrogens is 3. The molecule has 0 spiro atoms. The molecule has 0 bridgehead atoms. The molecule has 1 N–H and O–H groups in total. The Kier molecular flexibility index (Phi) is 6.61. The lowest BCUT2D eigenvalue weighted by Crippen LogP contribution is -2.33. The number of ether oxygens (including phenoxy) is 1. The second kappa shape index (κ2) is 9.56. The van der Waals surface area contributed by atoms with E-state index in [-0.39, 0.29) is 5.91 Å². The number of aryl methyl sites for hydroxylation is 2. The molecular formula is C24H28N4O2S. The van der Waals surface area contributed by atoms with Crippen LogP contribution in [0.15, 0.2) is 47.6 Å². The fourth-order valence-corrected chi connectivity index (χ4v) is 4.62. The first-order valence-corrected chi connectivity index (χ1v) is 11.6. The van der Waals surface area contributed by atoms with E-state index in [1.807, 2.05) is 28.8 Å². The van der Waals surface area contributed by atoms with Gasteiger partial charge in [-0.05, 0) is 74.2 Å². The number of thioether (sulfide) groups is 1. The predicted octanol–water partition coefficient (Wildman–Crippen LogP) is 4.71. The second-order valence-electron chi connectivity index (χ2n) is 7.98. The number of amides is 1. The van der Waals surface area contributed by atoms with Gasteiger partial charge in [0, 0.05) is 11.6 Å². The van der Waals surface area contributed by atoms with E-state index < -0.39 is 0 Å². The standard InChI is InChI=1S/C24H28N4O2S/c1-16-8-11-20(14-17(16)2)28-23(18-9-12-21(30-3)13-10-18)26-27-24(28)31-15-22(29)25-19-6-4-5-7-19/h8-14,19H,4-7,15H2,1-3H3,(H,25,29). The molecule has 0 saturated heterocycles. The van der Waals surface area contributed by atoms with E-state index >= 15 is 0 Å². The highest BCUT2D eigenvalue weighted by atomic mass is 32.2. The number of rotatable bonds is 7. The molecule has 0 atom stereocenters. The third kappa shape index (κ3) is 4.93. The molecule has 2 aromatic carbocycles. The van der Waals surface area contributed by atoms with E-state index in [0.29, 0.717) is 17.0 Å². The van der Waals surface area contributed by atoms with Gasteiger partial charge in [-0.2, -0.15) is 0 Å². The van der Waals surface area contributed by atoms with Crippen molar-refractivity contribution in [1.29, 1.82) is 0 Å². The fourth-order valence-electron chi connectivity index (χ4n) is 3.86. The van der Waals surface area contributed by atoms with Crippen LogP contribution in [-0.4, -0.2) is 39.6 Å². The van der Waals surface area contributed by atoms with Gasteiger partial charge < -0.3 is 10.1 Å². The molecule has 1 aliphatic carbocycles. The third-order valence-corrected chi connectivity index (χ3v) is 6.71. The number of nitrogens with zero attached hydrogens (tertiary/aromatic N) is 3. The first-order chi connectivity index (χ1) is 15.0. The molecular weight excluding hydrogens is 408 g/mol. The number of hydrogen-bond acceptors (Lipinski definition) is 5. The maximum absolute atomic E-state index is 12.5. The lowest BCUT2D eigenvalue weighted by molar-refractivity contribution is -0.119. The first-order valence-electron chi connectivity index (χ1n) is 10.6. The van der Waals surface area contributed by atoms with E-state index in [1.54, 1.807) is 7.11 Å². The molecule has 162 valence electrons. The van der Waals surface area contributed by atoms with E-state index in [4.69, 9.17) is 4.74 Å². The van der Waals surface area contributed by atoms with Crippen LogP contribution in [0.3, 0.4) is 0 Å². The van der Waals surface area contributed by atoms with Crippen LogP contribution in [0, 0.1) is 13.8 Å². The Labute approximate surface area is 187 Å². The van der Waals surface area contributed by atoms with E-state index in [9.17, 15) is 4.79 Å². The number of nitrogens with one attached hydrogen (secondary N) is 1. The van der Waals surface area contributed by atoms with Gasteiger partial charge in [0.15, 0.2) is 11.0 Å². The summed E-state index contributed by atoms with van der Waals surface area (Å²) in [4.78, 5) is 12.5. The molecule has 7 heteroatoms. The maximum atomic E-state index is 12.5. The topological polar surface area (TPSA) is 69.0 Å². The van der Waals surface area contributed by atoms with Gasteiger partial charge in [-0.3, -0.25) is 9.36 Å². The van der Waals surface area contributed by atoms with Crippen molar-refractivity contribution in [1.82, 2.24) is 20.1 Å². The minimum Gasteiger partial charge on any atom is -0.497 e. The highest BCUT2D eigenvalue weighted by Gasteiger charge is 2.20. The average Bonchev–Trinajstić information content (AvgIpc) is 3.44. The zero-order valence-corrected chi connectivity index (χ0v) is 19.0. The number of carbonyl (C=O) groups excluding carboxylic acids is 1. The summed E-state index contributed by atoms with van der Waals surface area (Å²) in [6.45, 7) is 4.19. The highest BCUT2D eigenvalue weighted by molar-refractivity contribution is 7.99. The van der Waals surface area contributed by atoms with Gasteiger partial charge in [-0.1, -0.05) is 30.7 Å². The molecule has 3 aromatic rings. The summed E-state index contributed by atoms with van der Waals surface area (Å²) in [6, 6.07) is 14.4. The van der Waals surface area contributed by atoms with Crippen LogP contribution < -0.4 is 10.1 Å². The van der Waals surface area contributed by atoms with Crippen LogP contribution in [0.2, 0.25) is 0 Å². The molecule has 1 aromatic heterocycles. The molecule has 1 aliphatic rings. The van der Waals surface area contributed by atoms with E-state index in [1.165, 1.54) is 35.7 Å². The van der Waals surface area contributed by atoms with Crippen molar-refractivity contribution in [2.45, 2.75) is 50.7 Å². The quantitative estimate of drug-likeness (QED) is 0.543.